The summed E-state index contributed by atoms with van der Waals surface area (Å²) >= 11 is 0. The molecule has 0 bridgehead atoms. The molecule has 0 aliphatic heterocycles. The first-order valence-electron chi connectivity index (χ1n) is 7.77. The maximum atomic E-state index is 5.89. The number of fused-ring (bicyclic) bond motifs is 2. The first-order valence-corrected chi connectivity index (χ1v) is 7.77. The average molecular weight is 311 g/mol. The minimum absolute atomic E-state index is 0.541. The molecule has 3 aromatic heterocycles. The van der Waals surface area contributed by atoms with Crippen LogP contribution in [0.15, 0.2) is 83.5 Å². The van der Waals surface area contributed by atoms with Crippen LogP contribution in [0.2, 0.25) is 0 Å². The minimum Gasteiger partial charge on any atom is -0.435 e. The van der Waals surface area contributed by atoms with E-state index in [9.17, 15) is 0 Å². The van der Waals surface area contributed by atoms with Gasteiger partial charge in [0.1, 0.15) is 11.2 Å². The summed E-state index contributed by atoms with van der Waals surface area (Å²) in [4.78, 5) is 9.22. The van der Waals surface area contributed by atoms with E-state index >= 15 is 0 Å². The van der Waals surface area contributed by atoms with E-state index in [4.69, 9.17) is 4.42 Å². The summed E-state index contributed by atoms with van der Waals surface area (Å²) in [6.07, 6.45) is 3.90. The highest BCUT2D eigenvalue weighted by atomic mass is 16.3. The number of aromatic nitrogens is 3. The summed E-state index contributed by atoms with van der Waals surface area (Å²) in [7, 11) is 0. The van der Waals surface area contributed by atoms with Crippen molar-refractivity contribution in [2.45, 2.75) is 0 Å². The molecule has 0 N–H and O–H groups in total. The van der Waals surface area contributed by atoms with Crippen LogP contribution in [0.5, 0.6) is 0 Å². The standard InChI is InChI=1S/C20H13N3O/c1-2-7-14(8-3-1)17-13-21-19(16-10-6-12-23(16)17)20-22-15-9-4-5-11-18(15)24-20/h1-13H. The summed E-state index contributed by atoms with van der Waals surface area (Å²) in [5.41, 5.74) is 5.49. The van der Waals surface area contributed by atoms with Gasteiger partial charge in [-0.25, -0.2) is 9.97 Å². The second-order valence-corrected chi connectivity index (χ2v) is 5.61. The Morgan fingerprint density at radius 3 is 2.54 bits per heavy atom. The summed E-state index contributed by atoms with van der Waals surface area (Å²) < 4.78 is 8.01. The highest BCUT2D eigenvalue weighted by Crippen LogP contribution is 2.29. The molecule has 0 saturated carbocycles. The molecule has 3 heterocycles. The minimum atomic E-state index is 0.541. The lowest BCUT2D eigenvalue weighted by Gasteiger charge is -2.08. The molecule has 0 saturated heterocycles. The Morgan fingerprint density at radius 1 is 0.833 bits per heavy atom. The number of benzene rings is 2. The lowest BCUT2D eigenvalue weighted by Crippen LogP contribution is -1.95. The molecule has 4 heteroatoms. The molecule has 0 aliphatic carbocycles. The molecule has 4 nitrogen and oxygen atoms in total. The molecular weight excluding hydrogens is 298 g/mol. The Hall–Kier alpha value is -3.40. The Morgan fingerprint density at radius 2 is 1.67 bits per heavy atom. The Kier molecular flexibility index (Phi) is 2.76. The van der Waals surface area contributed by atoms with Gasteiger partial charge in [-0.05, 0) is 24.3 Å². The molecule has 0 unspecified atom stereocenters. The molecule has 24 heavy (non-hydrogen) atoms. The van der Waals surface area contributed by atoms with Crippen LogP contribution < -0.4 is 0 Å². The van der Waals surface area contributed by atoms with E-state index in [2.05, 4.69) is 26.5 Å². The van der Waals surface area contributed by atoms with Gasteiger partial charge >= 0.3 is 0 Å². The summed E-state index contributed by atoms with van der Waals surface area (Å²) in [5, 5.41) is 0. The molecule has 0 spiro atoms. The van der Waals surface area contributed by atoms with Crippen molar-refractivity contribution in [2.24, 2.45) is 0 Å². The van der Waals surface area contributed by atoms with Gasteiger partial charge in [0, 0.05) is 11.8 Å². The first kappa shape index (κ1) is 13.1. The van der Waals surface area contributed by atoms with Crippen molar-refractivity contribution in [1.29, 1.82) is 0 Å². The SMILES string of the molecule is c1ccc(-c2cnc(-c3nc4ccccc4o3)c3cccn23)cc1. The van der Waals surface area contributed by atoms with Gasteiger partial charge in [0.25, 0.3) is 0 Å². The topological polar surface area (TPSA) is 43.3 Å². The van der Waals surface area contributed by atoms with Gasteiger partial charge in [-0.15, -0.1) is 0 Å². The molecular formula is C20H13N3O. The van der Waals surface area contributed by atoms with E-state index in [1.807, 2.05) is 67.0 Å². The lowest BCUT2D eigenvalue weighted by atomic mass is 10.1. The maximum absolute atomic E-state index is 5.89. The van der Waals surface area contributed by atoms with Crippen molar-refractivity contribution in [1.82, 2.24) is 14.4 Å². The van der Waals surface area contributed by atoms with Gasteiger partial charge in [-0.2, -0.15) is 0 Å². The Labute approximate surface area is 138 Å². The normalized spacial score (nSPS) is 11.3. The monoisotopic (exact) mass is 311 g/mol. The third-order valence-electron chi connectivity index (χ3n) is 4.13. The summed E-state index contributed by atoms with van der Waals surface area (Å²) in [6, 6.07) is 22.0. The van der Waals surface area contributed by atoms with Gasteiger partial charge < -0.3 is 8.82 Å². The van der Waals surface area contributed by atoms with E-state index in [0.29, 0.717) is 5.89 Å². The molecule has 0 radical (unpaired) electrons. The van der Waals surface area contributed by atoms with Crippen molar-refractivity contribution in [2.75, 3.05) is 0 Å². The smallest absolute Gasteiger partial charge is 0.248 e. The number of hydrogen-bond acceptors (Lipinski definition) is 3. The number of nitrogens with zero attached hydrogens (tertiary/aromatic N) is 3. The third-order valence-corrected chi connectivity index (χ3v) is 4.13. The van der Waals surface area contributed by atoms with Crippen molar-refractivity contribution in [3.8, 4) is 22.8 Å². The van der Waals surface area contributed by atoms with Gasteiger partial charge in [-0.1, -0.05) is 42.5 Å². The fourth-order valence-corrected chi connectivity index (χ4v) is 3.00. The first-order chi connectivity index (χ1) is 11.9. The zero-order chi connectivity index (χ0) is 15.9. The number of rotatable bonds is 2. The van der Waals surface area contributed by atoms with E-state index in [1.54, 1.807) is 0 Å². The molecule has 114 valence electrons. The van der Waals surface area contributed by atoms with Crippen molar-refractivity contribution >= 4 is 16.6 Å². The second kappa shape index (κ2) is 5.06. The summed E-state index contributed by atoms with van der Waals surface area (Å²) in [5.74, 6) is 0.541. The predicted octanol–water partition coefficient (Wildman–Crippen LogP) is 4.81. The molecule has 0 atom stereocenters. The fraction of sp³-hybridized carbons (Fsp3) is 0. The van der Waals surface area contributed by atoms with Crippen molar-refractivity contribution in [3.63, 3.8) is 0 Å². The van der Waals surface area contributed by atoms with E-state index in [-0.39, 0.29) is 0 Å². The number of oxazole rings is 1. The molecule has 0 aliphatic rings. The predicted molar refractivity (Wildman–Crippen MR) is 93.6 cm³/mol. The van der Waals surface area contributed by atoms with Crippen LogP contribution in [0.4, 0.5) is 0 Å². The van der Waals surface area contributed by atoms with Crippen LogP contribution in [0, 0.1) is 0 Å². The Balaban J connectivity index is 1.75. The van der Waals surface area contributed by atoms with Crippen LogP contribution in [0.3, 0.4) is 0 Å². The highest BCUT2D eigenvalue weighted by Gasteiger charge is 2.15. The fourth-order valence-electron chi connectivity index (χ4n) is 3.00. The Bertz CT molecular complexity index is 1120. The van der Waals surface area contributed by atoms with Crippen molar-refractivity contribution < 1.29 is 4.42 Å². The van der Waals surface area contributed by atoms with Crippen LogP contribution in [0.25, 0.3) is 39.5 Å². The van der Waals surface area contributed by atoms with Gasteiger partial charge in [0.15, 0.2) is 5.58 Å². The van der Waals surface area contributed by atoms with Gasteiger partial charge in [-0.3, -0.25) is 0 Å². The third kappa shape index (κ3) is 1.93. The molecule has 2 aromatic carbocycles. The molecule has 0 amide bonds. The van der Waals surface area contributed by atoms with Crippen LogP contribution in [-0.2, 0) is 0 Å². The van der Waals surface area contributed by atoms with Crippen LogP contribution in [0.1, 0.15) is 0 Å². The van der Waals surface area contributed by atoms with E-state index in [0.717, 1.165) is 33.6 Å². The number of hydrogen-bond donors (Lipinski definition) is 0. The maximum Gasteiger partial charge on any atom is 0.248 e. The summed E-state index contributed by atoms with van der Waals surface area (Å²) in [6.45, 7) is 0. The average Bonchev–Trinajstić information content (AvgIpc) is 3.28. The van der Waals surface area contributed by atoms with Gasteiger partial charge in [0.2, 0.25) is 5.89 Å². The second-order valence-electron chi connectivity index (χ2n) is 5.61. The van der Waals surface area contributed by atoms with Crippen LogP contribution >= 0.6 is 0 Å². The van der Waals surface area contributed by atoms with Gasteiger partial charge in [0.05, 0.1) is 17.4 Å². The highest BCUT2D eigenvalue weighted by molar-refractivity contribution is 5.81. The zero-order valence-corrected chi connectivity index (χ0v) is 12.8. The van der Waals surface area contributed by atoms with Crippen molar-refractivity contribution in [3.05, 3.63) is 79.1 Å². The quantitative estimate of drug-likeness (QED) is 0.470. The molecule has 5 rings (SSSR count). The molecule has 0 fully saturated rings. The number of para-hydroxylation sites is 2. The van der Waals surface area contributed by atoms with Crippen LogP contribution in [-0.4, -0.2) is 14.4 Å². The zero-order valence-electron chi connectivity index (χ0n) is 12.8. The lowest BCUT2D eigenvalue weighted by molar-refractivity contribution is 0.617. The molecule has 5 aromatic rings. The largest absolute Gasteiger partial charge is 0.435 e. The van der Waals surface area contributed by atoms with E-state index in [1.165, 1.54) is 0 Å². The van der Waals surface area contributed by atoms with E-state index < -0.39 is 0 Å².